The number of hydrogen-bond donors (Lipinski definition) is 0. The van der Waals surface area contributed by atoms with Gasteiger partial charge < -0.3 is 4.74 Å². The molecule has 0 aliphatic carbocycles. The van der Waals surface area contributed by atoms with Crippen molar-refractivity contribution in [3.05, 3.63) is 39.9 Å². The molecule has 0 N–H and O–H groups in total. The Balaban J connectivity index is 2.14. The van der Waals surface area contributed by atoms with Crippen LogP contribution in [-0.2, 0) is 9.53 Å². The van der Waals surface area contributed by atoms with E-state index in [4.69, 9.17) is 27.9 Å². The third kappa shape index (κ3) is 3.57. The standard InChI is InChI=1S/C15H15Cl2NO3/c1-9(2)13-8-21-15(20)18(13)14(19)6-4-10-3-5-11(16)12(17)7-10/h3-7,9,13H,8H2,1-2H3/b6-4-/t13-/m1/s1. The van der Waals surface area contributed by atoms with E-state index in [0.29, 0.717) is 10.0 Å². The fourth-order valence-electron chi connectivity index (χ4n) is 2.04. The van der Waals surface area contributed by atoms with Crippen molar-refractivity contribution >= 4 is 41.3 Å². The molecule has 0 unspecified atom stereocenters. The monoisotopic (exact) mass is 327 g/mol. The lowest BCUT2D eigenvalue weighted by Crippen LogP contribution is -2.40. The van der Waals surface area contributed by atoms with Crippen LogP contribution >= 0.6 is 23.2 Å². The first-order valence-corrected chi connectivity index (χ1v) is 7.29. The first-order valence-electron chi connectivity index (χ1n) is 6.53. The van der Waals surface area contributed by atoms with Gasteiger partial charge in [0.2, 0.25) is 0 Å². The topological polar surface area (TPSA) is 46.6 Å². The van der Waals surface area contributed by atoms with Crippen LogP contribution in [0.5, 0.6) is 0 Å². The number of cyclic esters (lactones) is 1. The lowest BCUT2D eigenvalue weighted by atomic mass is 10.0. The highest BCUT2D eigenvalue weighted by Crippen LogP contribution is 2.24. The molecule has 4 nitrogen and oxygen atoms in total. The molecule has 1 heterocycles. The molecule has 1 fully saturated rings. The maximum atomic E-state index is 12.2. The van der Waals surface area contributed by atoms with Crippen LogP contribution in [0.1, 0.15) is 19.4 Å². The summed E-state index contributed by atoms with van der Waals surface area (Å²) < 4.78 is 4.94. The number of benzene rings is 1. The van der Waals surface area contributed by atoms with Crippen molar-refractivity contribution in [3.8, 4) is 0 Å². The minimum Gasteiger partial charge on any atom is -0.447 e. The second-order valence-electron chi connectivity index (χ2n) is 5.10. The van der Waals surface area contributed by atoms with Gasteiger partial charge in [0, 0.05) is 6.08 Å². The highest BCUT2D eigenvalue weighted by Gasteiger charge is 2.38. The first-order chi connectivity index (χ1) is 9.90. The van der Waals surface area contributed by atoms with Gasteiger partial charge in [-0.3, -0.25) is 4.79 Å². The van der Waals surface area contributed by atoms with Gasteiger partial charge in [-0.2, -0.15) is 0 Å². The van der Waals surface area contributed by atoms with E-state index in [1.165, 1.54) is 6.08 Å². The molecule has 2 rings (SSSR count). The molecule has 1 aromatic rings. The van der Waals surface area contributed by atoms with Crippen LogP contribution in [0.2, 0.25) is 10.0 Å². The van der Waals surface area contributed by atoms with Crippen molar-refractivity contribution in [1.29, 1.82) is 0 Å². The van der Waals surface area contributed by atoms with Gasteiger partial charge in [-0.25, -0.2) is 9.69 Å². The smallest absolute Gasteiger partial charge is 0.417 e. The second-order valence-corrected chi connectivity index (χ2v) is 5.92. The van der Waals surface area contributed by atoms with Gasteiger partial charge in [-0.15, -0.1) is 0 Å². The molecule has 1 aliphatic heterocycles. The lowest BCUT2D eigenvalue weighted by Gasteiger charge is -2.20. The molecule has 0 saturated carbocycles. The van der Waals surface area contributed by atoms with E-state index in [2.05, 4.69) is 0 Å². The van der Waals surface area contributed by atoms with Crippen LogP contribution in [0.15, 0.2) is 24.3 Å². The van der Waals surface area contributed by atoms with Crippen LogP contribution in [0.3, 0.4) is 0 Å². The molecule has 2 amide bonds. The maximum Gasteiger partial charge on any atom is 0.417 e. The van der Waals surface area contributed by atoms with Crippen molar-refractivity contribution in [3.63, 3.8) is 0 Å². The van der Waals surface area contributed by atoms with Crippen molar-refractivity contribution in [2.75, 3.05) is 6.61 Å². The number of amides is 2. The molecule has 1 aliphatic rings. The fourth-order valence-corrected chi connectivity index (χ4v) is 2.35. The van der Waals surface area contributed by atoms with Crippen molar-refractivity contribution in [2.45, 2.75) is 19.9 Å². The van der Waals surface area contributed by atoms with E-state index in [-0.39, 0.29) is 18.6 Å². The molecule has 0 radical (unpaired) electrons. The van der Waals surface area contributed by atoms with Crippen LogP contribution in [0.25, 0.3) is 6.08 Å². The molecular formula is C15H15Cl2NO3. The van der Waals surface area contributed by atoms with Crippen LogP contribution < -0.4 is 0 Å². The van der Waals surface area contributed by atoms with E-state index in [0.717, 1.165) is 10.5 Å². The van der Waals surface area contributed by atoms with Crippen molar-refractivity contribution in [2.24, 2.45) is 5.92 Å². The molecule has 0 spiro atoms. The minimum atomic E-state index is -0.600. The normalized spacial score (nSPS) is 18.6. The Morgan fingerprint density at radius 3 is 2.71 bits per heavy atom. The zero-order valence-electron chi connectivity index (χ0n) is 11.7. The average molecular weight is 328 g/mol. The van der Waals surface area contributed by atoms with E-state index in [1.54, 1.807) is 24.3 Å². The predicted molar refractivity (Wildman–Crippen MR) is 82.3 cm³/mol. The Bertz CT molecular complexity index is 599. The van der Waals surface area contributed by atoms with Gasteiger partial charge in [0.05, 0.1) is 16.1 Å². The summed E-state index contributed by atoms with van der Waals surface area (Å²) in [6, 6.07) is 4.80. The number of carbonyl (C=O) groups is 2. The molecule has 1 saturated heterocycles. The molecule has 0 bridgehead atoms. The third-order valence-corrected chi connectivity index (χ3v) is 4.01. The first kappa shape index (κ1) is 15.9. The molecule has 21 heavy (non-hydrogen) atoms. The average Bonchev–Trinajstić information content (AvgIpc) is 2.82. The number of nitrogens with zero attached hydrogens (tertiary/aromatic N) is 1. The quantitative estimate of drug-likeness (QED) is 0.788. The zero-order valence-corrected chi connectivity index (χ0v) is 13.2. The molecule has 112 valence electrons. The lowest BCUT2D eigenvalue weighted by molar-refractivity contribution is -0.124. The van der Waals surface area contributed by atoms with Crippen molar-refractivity contribution < 1.29 is 14.3 Å². The summed E-state index contributed by atoms with van der Waals surface area (Å²) in [7, 11) is 0. The van der Waals surface area contributed by atoms with Crippen LogP contribution in [0.4, 0.5) is 4.79 Å². The third-order valence-electron chi connectivity index (χ3n) is 3.27. The van der Waals surface area contributed by atoms with E-state index in [9.17, 15) is 9.59 Å². The second kappa shape index (κ2) is 6.50. The van der Waals surface area contributed by atoms with Gasteiger partial charge >= 0.3 is 6.09 Å². The SMILES string of the molecule is CC(C)[C@H]1COC(=O)N1C(=O)/C=C\c1ccc(Cl)c(Cl)c1. The Kier molecular flexibility index (Phi) is 4.91. The number of carbonyl (C=O) groups excluding carboxylic acids is 2. The summed E-state index contributed by atoms with van der Waals surface area (Å²) in [5.41, 5.74) is 0.728. The highest BCUT2D eigenvalue weighted by atomic mass is 35.5. The fraction of sp³-hybridized carbons (Fsp3) is 0.333. The van der Waals surface area contributed by atoms with Gasteiger partial charge in [-0.05, 0) is 29.7 Å². The van der Waals surface area contributed by atoms with E-state index in [1.807, 2.05) is 13.8 Å². The summed E-state index contributed by atoms with van der Waals surface area (Å²) in [5.74, 6) is -0.263. The van der Waals surface area contributed by atoms with Crippen LogP contribution in [-0.4, -0.2) is 29.5 Å². The Hall–Kier alpha value is -1.52. The van der Waals surface area contributed by atoms with Gasteiger partial charge in [-0.1, -0.05) is 43.1 Å². The van der Waals surface area contributed by atoms with Gasteiger partial charge in [0.25, 0.3) is 5.91 Å². The molecule has 1 atom stereocenters. The Morgan fingerprint density at radius 1 is 1.38 bits per heavy atom. The zero-order chi connectivity index (χ0) is 15.6. The van der Waals surface area contributed by atoms with Gasteiger partial charge in [0.1, 0.15) is 6.61 Å². The predicted octanol–water partition coefficient (Wildman–Crippen LogP) is 4.01. The largest absolute Gasteiger partial charge is 0.447 e. The minimum absolute atomic E-state index is 0.138. The molecule has 1 aromatic carbocycles. The maximum absolute atomic E-state index is 12.2. The van der Waals surface area contributed by atoms with E-state index < -0.39 is 12.0 Å². The number of hydrogen-bond acceptors (Lipinski definition) is 3. The Morgan fingerprint density at radius 2 is 2.10 bits per heavy atom. The molecule has 0 aromatic heterocycles. The summed E-state index contributed by atoms with van der Waals surface area (Å²) in [6.45, 7) is 4.12. The number of halogens is 2. The van der Waals surface area contributed by atoms with E-state index >= 15 is 0 Å². The summed E-state index contributed by atoms with van der Waals surface area (Å²) in [4.78, 5) is 25.0. The van der Waals surface area contributed by atoms with Crippen LogP contribution in [0, 0.1) is 5.92 Å². The Labute approximate surface area is 133 Å². The molecular weight excluding hydrogens is 313 g/mol. The van der Waals surface area contributed by atoms with Gasteiger partial charge in [0.15, 0.2) is 0 Å². The number of ether oxygens (including phenoxy) is 1. The van der Waals surface area contributed by atoms with Crippen molar-refractivity contribution in [1.82, 2.24) is 4.90 Å². The summed E-state index contributed by atoms with van der Waals surface area (Å²) in [6.07, 6.45) is 2.33. The summed E-state index contributed by atoms with van der Waals surface area (Å²) in [5, 5.41) is 0.857. The number of rotatable bonds is 3. The highest BCUT2D eigenvalue weighted by molar-refractivity contribution is 6.42. The molecule has 6 heteroatoms. The number of imide groups is 1. The summed E-state index contributed by atoms with van der Waals surface area (Å²) >= 11 is 11.7.